The molecule has 7 nitrogen and oxygen atoms in total. The smallest absolute Gasteiger partial charge is 0.211 e. The lowest BCUT2D eigenvalue weighted by Crippen LogP contribution is -2.42. The largest absolute Gasteiger partial charge is 0.377 e. The van der Waals surface area contributed by atoms with E-state index in [-0.39, 0.29) is 11.4 Å². The van der Waals surface area contributed by atoms with E-state index in [0.717, 1.165) is 6.54 Å². The minimum absolute atomic E-state index is 0.0865. The normalized spacial score (nSPS) is 13.3. The Kier molecular flexibility index (Phi) is 8.75. The summed E-state index contributed by atoms with van der Waals surface area (Å²) in [4.78, 5) is 4.40. The Morgan fingerprint density at radius 1 is 1.20 bits per heavy atom. The molecule has 0 heterocycles. The molecule has 120 valence electrons. The Hall–Kier alpha value is -0.860. The third-order valence-corrected chi connectivity index (χ3v) is 4.04. The minimum Gasteiger partial charge on any atom is -0.377 e. The van der Waals surface area contributed by atoms with Crippen LogP contribution in [0.15, 0.2) is 4.99 Å². The first-order valence-corrected chi connectivity index (χ1v) is 8.46. The summed E-state index contributed by atoms with van der Waals surface area (Å²) in [6.07, 6.45) is 0. The number of nitrogens with zero attached hydrogens (tertiary/aromatic N) is 1. The topological polar surface area (TPSA) is 91.8 Å². The molecule has 20 heavy (non-hydrogen) atoms. The molecule has 0 aromatic carbocycles. The molecule has 0 aromatic heterocycles. The Morgan fingerprint density at radius 2 is 1.85 bits per heavy atom. The first-order chi connectivity index (χ1) is 9.26. The van der Waals surface area contributed by atoms with Crippen LogP contribution in [0.25, 0.3) is 0 Å². The number of nitrogens with one attached hydrogen (secondary N) is 3. The molecule has 0 aromatic rings. The average Bonchev–Trinajstić information content (AvgIpc) is 2.41. The summed E-state index contributed by atoms with van der Waals surface area (Å²) < 4.78 is 30.3. The molecule has 0 rings (SSSR count). The average molecular weight is 308 g/mol. The standard InChI is InChI=1S/C12H28N4O3S/c1-6-13-11(15-10-12(3,4)19-5)14-8-9-16-20(17,18)7-2/h16H,6-10H2,1-5H3,(H2,13,14,15). The molecular formula is C12H28N4O3S. The molecular weight excluding hydrogens is 280 g/mol. The molecule has 0 amide bonds. The van der Waals surface area contributed by atoms with E-state index in [1.54, 1.807) is 14.0 Å². The molecule has 3 N–H and O–H groups in total. The third kappa shape index (κ3) is 9.11. The zero-order chi connectivity index (χ0) is 15.6. The third-order valence-electron chi connectivity index (χ3n) is 2.63. The Labute approximate surface area is 122 Å². The van der Waals surface area contributed by atoms with Gasteiger partial charge in [-0.2, -0.15) is 0 Å². The second-order valence-electron chi connectivity index (χ2n) is 4.88. The van der Waals surface area contributed by atoms with Crippen LogP contribution in [0.1, 0.15) is 27.7 Å². The maximum atomic E-state index is 11.3. The zero-order valence-electron chi connectivity index (χ0n) is 13.1. The molecule has 0 aliphatic rings. The van der Waals surface area contributed by atoms with Gasteiger partial charge in [0.2, 0.25) is 10.0 Å². The van der Waals surface area contributed by atoms with Crippen LogP contribution in [0, 0.1) is 0 Å². The highest BCUT2D eigenvalue weighted by molar-refractivity contribution is 7.89. The van der Waals surface area contributed by atoms with Gasteiger partial charge in [-0.05, 0) is 27.7 Å². The number of sulfonamides is 1. The van der Waals surface area contributed by atoms with Crippen molar-refractivity contribution in [3.05, 3.63) is 0 Å². The van der Waals surface area contributed by atoms with Crippen molar-refractivity contribution >= 4 is 16.0 Å². The molecule has 0 fully saturated rings. The number of aliphatic imine (C=N–C) groups is 1. The predicted molar refractivity (Wildman–Crippen MR) is 82.5 cm³/mol. The SMILES string of the molecule is CCNC(=NCC(C)(C)OC)NCCNS(=O)(=O)CC. The monoisotopic (exact) mass is 308 g/mol. The number of hydrogen-bond acceptors (Lipinski definition) is 4. The molecule has 0 bridgehead atoms. The van der Waals surface area contributed by atoms with Gasteiger partial charge in [-0.25, -0.2) is 13.1 Å². The lowest BCUT2D eigenvalue weighted by Gasteiger charge is -2.21. The highest BCUT2D eigenvalue weighted by Gasteiger charge is 2.15. The molecule has 0 aliphatic heterocycles. The molecule has 0 saturated carbocycles. The van der Waals surface area contributed by atoms with Crippen LogP contribution in [0.2, 0.25) is 0 Å². The van der Waals surface area contributed by atoms with Crippen LogP contribution >= 0.6 is 0 Å². The summed E-state index contributed by atoms with van der Waals surface area (Å²) in [6, 6.07) is 0. The van der Waals surface area contributed by atoms with Crippen molar-refractivity contribution < 1.29 is 13.2 Å². The van der Waals surface area contributed by atoms with Crippen molar-refractivity contribution in [2.75, 3.05) is 39.0 Å². The highest BCUT2D eigenvalue weighted by atomic mass is 32.2. The number of methoxy groups -OCH3 is 1. The quantitative estimate of drug-likeness (QED) is 0.314. The molecule has 0 aliphatic carbocycles. The second-order valence-corrected chi connectivity index (χ2v) is 6.98. The summed E-state index contributed by atoms with van der Waals surface area (Å²) in [5.74, 6) is 0.733. The van der Waals surface area contributed by atoms with Gasteiger partial charge >= 0.3 is 0 Å². The van der Waals surface area contributed by atoms with Crippen LogP contribution in [0.3, 0.4) is 0 Å². The highest BCUT2D eigenvalue weighted by Crippen LogP contribution is 2.06. The van der Waals surface area contributed by atoms with Gasteiger partial charge in [0.25, 0.3) is 0 Å². The van der Waals surface area contributed by atoms with E-state index < -0.39 is 10.0 Å². The fourth-order valence-electron chi connectivity index (χ4n) is 1.17. The molecule has 0 saturated heterocycles. The minimum atomic E-state index is -3.14. The summed E-state index contributed by atoms with van der Waals surface area (Å²) >= 11 is 0. The lowest BCUT2D eigenvalue weighted by molar-refractivity contribution is 0.0310. The predicted octanol–water partition coefficient (Wildman–Crippen LogP) is -0.0942. The van der Waals surface area contributed by atoms with Gasteiger partial charge in [-0.1, -0.05) is 0 Å². The molecule has 8 heteroatoms. The summed E-state index contributed by atoms with van der Waals surface area (Å²) in [6.45, 7) is 9.53. The van der Waals surface area contributed by atoms with Crippen LogP contribution in [-0.2, 0) is 14.8 Å². The summed E-state index contributed by atoms with van der Waals surface area (Å²) in [5.41, 5.74) is -0.327. The molecule has 0 spiro atoms. The van der Waals surface area contributed by atoms with Crippen molar-refractivity contribution in [1.29, 1.82) is 0 Å². The Balaban J connectivity index is 4.25. The molecule has 0 atom stereocenters. The van der Waals surface area contributed by atoms with Crippen LogP contribution in [-0.4, -0.2) is 59.0 Å². The summed E-state index contributed by atoms with van der Waals surface area (Å²) in [5, 5.41) is 6.17. The van der Waals surface area contributed by atoms with E-state index in [0.29, 0.717) is 25.6 Å². The maximum Gasteiger partial charge on any atom is 0.211 e. The first-order valence-electron chi connectivity index (χ1n) is 6.81. The second kappa shape index (κ2) is 9.15. The maximum absolute atomic E-state index is 11.3. The van der Waals surface area contributed by atoms with E-state index in [4.69, 9.17) is 4.74 Å². The summed E-state index contributed by atoms with van der Waals surface area (Å²) in [7, 11) is -1.49. The van der Waals surface area contributed by atoms with E-state index in [2.05, 4.69) is 20.3 Å². The molecule has 0 radical (unpaired) electrons. The van der Waals surface area contributed by atoms with Gasteiger partial charge in [-0.15, -0.1) is 0 Å². The van der Waals surface area contributed by atoms with E-state index >= 15 is 0 Å². The van der Waals surface area contributed by atoms with Gasteiger partial charge in [0.1, 0.15) is 0 Å². The van der Waals surface area contributed by atoms with Crippen molar-refractivity contribution in [2.24, 2.45) is 4.99 Å². The number of guanidine groups is 1. The van der Waals surface area contributed by atoms with Crippen LogP contribution < -0.4 is 15.4 Å². The van der Waals surface area contributed by atoms with Gasteiger partial charge in [0, 0.05) is 26.7 Å². The fourth-order valence-corrected chi connectivity index (χ4v) is 1.78. The zero-order valence-corrected chi connectivity index (χ0v) is 13.9. The Bertz CT molecular complexity index is 394. The lowest BCUT2D eigenvalue weighted by atomic mass is 10.1. The van der Waals surface area contributed by atoms with Gasteiger partial charge < -0.3 is 15.4 Å². The number of hydrogen-bond donors (Lipinski definition) is 3. The van der Waals surface area contributed by atoms with Crippen molar-refractivity contribution in [3.63, 3.8) is 0 Å². The van der Waals surface area contributed by atoms with Gasteiger partial charge in [0.15, 0.2) is 5.96 Å². The van der Waals surface area contributed by atoms with E-state index in [9.17, 15) is 8.42 Å². The number of rotatable bonds is 9. The van der Waals surface area contributed by atoms with E-state index in [1.807, 2.05) is 20.8 Å². The van der Waals surface area contributed by atoms with E-state index in [1.165, 1.54) is 0 Å². The fraction of sp³-hybridized carbons (Fsp3) is 0.917. The van der Waals surface area contributed by atoms with Crippen molar-refractivity contribution in [1.82, 2.24) is 15.4 Å². The van der Waals surface area contributed by atoms with Crippen LogP contribution in [0.4, 0.5) is 0 Å². The number of ether oxygens (including phenoxy) is 1. The Morgan fingerprint density at radius 3 is 2.35 bits per heavy atom. The first kappa shape index (κ1) is 19.1. The van der Waals surface area contributed by atoms with Gasteiger partial charge in [-0.3, -0.25) is 4.99 Å². The van der Waals surface area contributed by atoms with Crippen LogP contribution in [0.5, 0.6) is 0 Å². The van der Waals surface area contributed by atoms with Gasteiger partial charge in [0.05, 0.1) is 17.9 Å². The molecule has 0 unspecified atom stereocenters. The van der Waals surface area contributed by atoms with Crippen molar-refractivity contribution in [3.8, 4) is 0 Å². The van der Waals surface area contributed by atoms with Crippen molar-refractivity contribution in [2.45, 2.75) is 33.3 Å².